The van der Waals surface area contributed by atoms with Crippen LogP contribution in [0.1, 0.15) is 31.2 Å². The molecule has 24 heavy (non-hydrogen) atoms. The van der Waals surface area contributed by atoms with E-state index in [-0.39, 0.29) is 19.1 Å². The maximum Gasteiger partial charge on any atom is 0.307 e. The third-order valence-corrected chi connectivity index (χ3v) is 4.11. The van der Waals surface area contributed by atoms with Crippen LogP contribution in [0.25, 0.3) is 0 Å². The van der Waals surface area contributed by atoms with Gasteiger partial charge in [0.15, 0.2) is 0 Å². The van der Waals surface area contributed by atoms with E-state index in [9.17, 15) is 19.5 Å². The fraction of sp³-hybridized carbons (Fsp3) is 0.471. The number of amides is 2. The van der Waals surface area contributed by atoms with Crippen LogP contribution >= 0.6 is 0 Å². The summed E-state index contributed by atoms with van der Waals surface area (Å²) < 4.78 is 0. The Morgan fingerprint density at radius 2 is 1.75 bits per heavy atom. The first-order chi connectivity index (χ1) is 11.6. The summed E-state index contributed by atoms with van der Waals surface area (Å²) in [4.78, 5) is 40.1. The molecule has 0 heterocycles. The van der Waals surface area contributed by atoms with Crippen LogP contribution in [0.2, 0.25) is 0 Å². The van der Waals surface area contributed by atoms with Gasteiger partial charge in [-0.25, -0.2) is 5.48 Å². The number of hydroxylamine groups is 1. The third kappa shape index (κ3) is 5.34. The lowest BCUT2D eigenvalue weighted by Gasteiger charge is -2.27. The molecule has 1 aromatic carbocycles. The summed E-state index contributed by atoms with van der Waals surface area (Å²) in [6, 6.07) is 9.34. The van der Waals surface area contributed by atoms with Gasteiger partial charge in [-0.05, 0) is 18.4 Å². The number of rotatable bonds is 7. The van der Waals surface area contributed by atoms with Gasteiger partial charge < -0.3 is 10.4 Å². The number of aliphatic carboxylic acids is 1. The van der Waals surface area contributed by atoms with Crippen molar-refractivity contribution >= 4 is 17.8 Å². The van der Waals surface area contributed by atoms with Gasteiger partial charge in [0.1, 0.15) is 0 Å². The minimum atomic E-state index is -0.953. The molecule has 2 amide bonds. The van der Waals surface area contributed by atoms with Gasteiger partial charge in [-0.3, -0.25) is 19.2 Å². The van der Waals surface area contributed by atoms with Crippen LogP contribution in [0.4, 0.5) is 0 Å². The number of carboxylic acids is 1. The molecular formula is C17H22N2O5. The Bertz CT molecular complexity index is 576. The molecular weight excluding hydrogens is 312 g/mol. The van der Waals surface area contributed by atoms with Gasteiger partial charge in [-0.2, -0.15) is 0 Å². The quantitative estimate of drug-likeness (QED) is 0.651. The second kappa shape index (κ2) is 9.02. The molecule has 1 saturated carbocycles. The van der Waals surface area contributed by atoms with Crippen molar-refractivity contribution in [2.75, 3.05) is 6.54 Å². The summed E-state index contributed by atoms with van der Waals surface area (Å²) in [7, 11) is 0. The molecule has 2 rings (SSSR count). The zero-order valence-electron chi connectivity index (χ0n) is 13.4. The number of carbonyl (C=O) groups excluding carboxylic acids is 2. The van der Waals surface area contributed by atoms with Gasteiger partial charge in [0.05, 0.1) is 25.0 Å². The van der Waals surface area contributed by atoms with E-state index in [1.54, 1.807) is 0 Å². The highest BCUT2D eigenvalue weighted by Crippen LogP contribution is 2.30. The van der Waals surface area contributed by atoms with Crippen LogP contribution in [0, 0.1) is 11.8 Å². The molecule has 1 fully saturated rings. The van der Waals surface area contributed by atoms with E-state index in [1.807, 2.05) is 30.3 Å². The molecule has 7 heteroatoms. The average Bonchev–Trinajstić information content (AvgIpc) is 2.60. The van der Waals surface area contributed by atoms with E-state index >= 15 is 0 Å². The van der Waals surface area contributed by atoms with Gasteiger partial charge in [-0.1, -0.05) is 43.2 Å². The topological polar surface area (TPSA) is 105 Å². The fourth-order valence-corrected chi connectivity index (χ4v) is 2.85. The Hall–Kier alpha value is -2.41. The molecule has 0 bridgehead atoms. The average molecular weight is 334 g/mol. The lowest BCUT2D eigenvalue weighted by molar-refractivity contribution is -0.149. The van der Waals surface area contributed by atoms with Crippen molar-refractivity contribution in [2.24, 2.45) is 11.8 Å². The van der Waals surface area contributed by atoms with E-state index in [0.717, 1.165) is 18.4 Å². The van der Waals surface area contributed by atoms with Crippen molar-refractivity contribution in [3.63, 3.8) is 0 Å². The normalized spacial score (nSPS) is 20.2. The van der Waals surface area contributed by atoms with Crippen molar-refractivity contribution < 1.29 is 24.3 Å². The zero-order chi connectivity index (χ0) is 17.4. The lowest BCUT2D eigenvalue weighted by Crippen LogP contribution is -2.43. The molecule has 1 aromatic rings. The minimum Gasteiger partial charge on any atom is -0.481 e. The number of hydrogen-bond donors (Lipinski definition) is 3. The number of carbonyl (C=O) groups is 3. The van der Waals surface area contributed by atoms with E-state index in [4.69, 9.17) is 4.84 Å². The molecule has 130 valence electrons. The third-order valence-electron chi connectivity index (χ3n) is 4.11. The molecule has 1 aliphatic rings. The smallest absolute Gasteiger partial charge is 0.307 e. The highest BCUT2D eigenvalue weighted by Gasteiger charge is 2.35. The van der Waals surface area contributed by atoms with E-state index < -0.39 is 23.7 Å². The molecule has 0 radical (unpaired) electrons. The van der Waals surface area contributed by atoms with Crippen LogP contribution in [0.3, 0.4) is 0 Å². The van der Waals surface area contributed by atoms with Crippen molar-refractivity contribution in [1.82, 2.24) is 10.8 Å². The second-order valence-corrected chi connectivity index (χ2v) is 5.85. The van der Waals surface area contributed by atoms with Crippen LogP contribution in [-0.4, -0.2) is 29.4 Å². The van der Waals surface area contributed by atoms with Gasteiger partial charge >= 0.3 is 5.97 Å². The lowest BCUT2D eigenvalue weighted by atomic mass is 9.79. The minimum absolute atomic E-state index is 0.226. The molecule has 3 N–H and O–H groups in total. The second-order valence-electron chi connectivity index (χ2n) is 5.85. The van der Waals surface area contributed by atoms with Crippen LogP contribution in [0.5, 0.6) is 0 Å². The Kier molecular flexibility index (Phi) is 6.74. The first-order valence-corrected chi connectivity index (χ1v) is 8.03. The summed E-state index contributed by atoms with van der Waals surface area (Å²) in [6.45, 7) is -0.0132. The monoisotopic (exact) mass is 334 g/mol. The van der Waals surface area contributed by atoms with Crippen molar-refractivity contribution in [3.05, 3.63) is 35.9 Å². The summed E-state index contributed by atoms with van der Waals surface area (Å²) in [5, 5.41) is 11.7. The van der Waals surface area contributed by atoms with Crippen LogP contribution in [0.15, 0.2) is 30.3 Å². The molecule has 0 aliphatic heterocycles. The van der Waals surface area contributed by atoms with Crippen molar-refractivity contribution in [3.8, 4) is 0 Å². The van der Waals surface area contributed by atoms with E-state index in [0.29, 0.717) is 12.8 Å². The first-order valence-electron chi connectivity index (χ1n) is 8.03. The van der Waals surface area contributed by atoms with E-state index in [2.05, 4.69) is 10.8 Å². The predicted molar refractivity (Wildman–Crippen MR) is 85.5 cm³/mol. The molecule has 2 atom stereocenters. The molecule has 0 aromatic heterocycles. The van der Waals surface area contributed by atoms with Crippen molar-refractivity contribution in [1.29, 1.82) is 0 Å². The Morgan fingerprint density at radius 1 is 1.08 bits per heavy atom. The van der Waals surface area contributed by atoms with Gasteiger partial charge in [0.2, 0.25) is 5.91 Å². The number of hydrogen-bond acceptors (Lipinski definition) is 4. The van der Waals surface area contributed by atoms with Gasteiger partial charge in [0, 0.05) is 0 Å². The largest absolute Gasteiger partial charge is 0.481 e. The highest BCUT2D eigenvalue weighted by molar-refractivity contribution is 5.88. The summed E-state index contributed by atoms with van der Waals surface area (Å²) in [5.74, 6) is -3.07. The maximum absolute atomic E-state index is 12.1. The van der Waals surface area contributed by atoms with Crippen molar-refractivity contribution in [2.45, 2.75) is 32.3 Å². The standard InChI is InChI=1S/C17H22N2O5/c20-15(19-24-11-12-6-2-1-3-7-12)10-18-16(21)13-8-4-5-9-14(13)17(22)23/h1-3,6-7,13-14H,4-5,8-11H2,(H,18,21)(H,19,20)(H,22,23)/t13-,14-/m1/s1. The molecule has 7 nitrogen and oxygen atoms in total. The summed E-state index contributed by atoms with van der Waals surface area (Å²) in [5.41, 5.74) is 3.16. The Balaban J connectivity index is 1.70. The maximum atomic E-state index is 12.1. The predicted octanol–water partition coefficient (Wildman–Crippen LogP) is 1.24. The molecule has 1 aliphatic carbocycles. The highest BCUT2D eigenvalue weighted by atomic mass is 16.6. The molecule has 0 saturated heterocycles. The molecule has 0 spiro atoms. The van der Waals surface area contributed by atoms with Gasteiger partial charge in [0.25, 0.3) is 5.91 Å². The van der Waals surface area contributed by atoms with Gasteiger partial charge in [-0.15, -0.1) is 0 Å². The zero-order valence-corrected chi connectivity index (χ0v) is 13.4. The fourth-order valence-electron chi connectivity index (χ4n) is 2.85. The molecule has 0 unspecified atom stereocenters. The van der Waals surface area contributed by atoms with Crippen LogP contribution < -0.4 is 10.8 Å². The first kappa shape index (κ1) is 17.9. The Labute approximate surface area is 140 Å². The number of nitrogens with one attached hydrogen (secondary N) is 2. The Morgan fingerprint density at radius 3 is 2.42 bits per heavy atom. The summed E-state index contributed by atoms with van der Waals surface area (Å²) >= 11 is 0. The number of benzene rings is 1. The van der Waals surface area contributed by atoms with E-state index in [1.165, 1.54) is 0 Å². The number of carboxylic acid groups (broad SMARTS) is 1. The SMILES string of the molecule is O=C(CNC(=O)[C@@H]1CCCC[C@H]1C(=O)O)NOCc1ccccc1. The van der Waals surface area contributed by atoms with Crippen LogP contribution in [-0.2, 0) is 25.8 Å². The summed E-state index contributed by atoms with van der Waals surface area (Å²) in [6.07, 6.45) is 2.68.